The fraction of sp³-hybridized carbons (Fsp3) is 1.00. The van der Waals surface area contributed by atoms with Gasteiger partial charge in [-0.3, -0.25) is 0 Å². The van der Waals surface area contributed by atoms with Gasteiger partial charge in [-0.2, -0.15) is 11.8 Å². The standard InChI is InChI=1S/C6H10O3S/c7-3-1-9-5-4(8)2-10-6(3)5/h3-8H,1-2H2/t3-,4+,5+,6+/m0/s1. The summed E-state index contributed by atoms with van der Waals surface area (Å²) in [7, 11) is 0. The van der Waals surface area contributed by atoms with E-state index in [1.54, 1.807) is 11.8 Å². The van der Waals surface area contributed by atoms with E-state index < -0.39 is 0 Å². The molecule has 0 aromatic carbocycles. The second-order valence-corrected chi connectivity index (χ2v) is 3.94. The predicted molar refractivity (Wildman–Crippen MR) is 38.0 cm³/mol. The van der Waals surface area contributed by atoms with Gasteiger partial charge < -0.3 is 14.9 Å². The van der Waals surface area contributed by atoms with Crippen LogP contribution in [0.5, 0.6) is 0 Å². The Labute approximate surface area is 63.4 Å². The van der Waals surface area contributed by atoms with Crippen LogP contribution in [0.25, 0.3) is 0 Å². The van der Waals surface area contributed by atoms with Crippen LogP contribution in [-0.2, 0) is 4.74 Å². The zero-order valence-corrected chi connectivity index (χ0v) is 6.25. The number of rotatable bonds is 0. The van der Waals surface area contributed by atoms with Gasteiger partial charge in [0.05, 0.1) is 30.2 Å². The zero-order valence-electron chi connectivity index (χ0n) is 5.43. The maximum absolute atomic E-state index is 9.26. The Balaban J connectivity index is 2.09. The predicted octanol–water partition coefficient (Wildman–Crippen LogP) is -0.778. The Morgan fingerprint density at radius 3 is 2.80 bits per heavy atom. The molecule has 2 fully saturated rings. The van der Waals surface area contributed by atoms with Crippen LogP contribution >= 0.6 is 11.8 Å². The smallest absolute Gasteiger partial charge is 0.0987 e. The number of ether oxygens (including phenoxy) is 1. The Kier molecular flexibility index (Phi) is 1.64. The van der Waals surface area contributed by atoms with Gasteiger partial charge in [-0.05, 0) is 0 Å². The van der Waals surface area contributed by atoms with E-state index >= 15 is 0 Å². The summed E-state index contributed by atoms with van der Waals surface area (Å²) in [6, 6.07) is 0. The summed E-state index contributed by atoms with van der Waals surface area (Å²) in [5.41, 5.74) is 0. The molecule has 0 aromatic heterocycles. The van der Waals surface area contributed by atoms with Gasteiger partial charge in [-0.15, -0.1) is 0 Å². The molecular weight excluding hydrogens is 152 g/mol. The lowest BCUT2D eigenvalue weighted by molar-refractivity contribution is 0.0142. The van der Waals surface area contributed by atoms with E-state index in [-0.39, 0.29) is 23.6 Å². The highest BCUT2D eigenvalue weighted by Crippen LogP contribution is 2.36. The lowest BCUT2D eigenvalue weighted by atomic mass is 10.1. The van der Waals surface area contributed by atoms with Gasteiger partial charge in [0.1, 0.15) is 0 Å². The molecule has 0 amide bonds. The second-order valence-electron chi connectivity index (χ2n) is 2.73. The largest absolute Gasteiger partial charge is 0.390 e. The number of aliphatic hydroxyl groups is 2. The molecule has 2 aliphatic heterocycles. The van der Waals surface area contributed by atoms with E-state index in [1.807, 2.05) is 0 Å². The van der Waals surface area contributed by atoms with Gasteiger partial charge in [0.15, 0.2) is 0 Å². The first-order chi connectivity index (χ1) is 4.79. The molecule has 0 spiro atoms. The van der Waals surface area contributed by atoms with E-state index in [1.165, 1.54) is 0 Å². The highest BCUT2D eigenvalue weighted by Gasteiger charge is 2.45. The fourth-order valence-corrected chi connectivity index (χ4v) is 2.82. The third kappa shape index (κ3) is 0.871. The molecule has 2 aliphatic rings. The molecule has 0 aromatic rings. The molecule has 10 heavy (non-hydrogen) atoms. The van der Waals surface area contributed by atoms with Gasteiger partial charge in [-0.1, -0.05) is 0 Å². The number of hydrogen-bond acceptors (Lipinski definition) is 4. The number of thioether (sulfide) groups is 1. The minimum absolute atomic E-state index is 0.111. The highest BCUT2D eigenvalue weighted by atomic mass is 32.2. The van der Waals surface area contributed by atoms with E-state index in [0.717, 1.165) is 0 Å². The molecule has 2 saturated heterocycles. The normalized spacial score (nSPS) is 53.4. The summed E-state index contributed by atoms with van der Waals surface area (Å²) in [4.78, 5) is 0. The summed E-state index contributed by atoms with van der Waals surface area (Å²) < 4.78 is 5.18. The second kappa shape index (κ2) is 2.37. The summed E-state index contributed by atoms with van der Waals surface area (Å²) in [6.07, 6.45) is -0.848. The van der Waals surface area contributed by atoms with Gasteiger partial charge in [0.25, 0.3) is 0 Å². The first-order valence-corrected chi connectivity index (χ1v) is 4.43. The molecule has 0 radical (unpaired) electrons. The third-order valence-corrected chi connectivity index (χ3v) is 3.50. The molecule has 2 N–H and O–H groups in total. The van der Waals surface area contributed by atoms with E-state index in [2.05, 4.69) is 0 Å². The molecule has 58 valence electrons. The Morgan fingerprint density at radius 2 is 2.10 bits per heavy atom. The maximum atomic E-state index is 9.26. The molecule has 0 aliphatic carbocycles. The first kappa shape index (κ1) is 6.91. The van der Waals surface area contributed by atoms with Crippen molar-refractivity contribution >= 4 is 11.8 Å². The highest BCUT2D eigenvalue weighted by molar-refractivity contribution is 8.00. The zero-order chi connectivity index (χ0) is 7.14. The molecule has 0 saturated carbocycles. The molecule has 2 heterocycles. The summed E-state index contributed by atoms with van der Waals surface area (Å²) in [6.45, 7) is 0.388. The van der Waals surface area contributed by atoms with Crippen molar-refractivity contribution in [1.29, 1.82) is 0 Å². The van der Waals surface area contributed by atoms with Crippen LogP contribution in [0.4, 0.5) is 0 Å². The summed E-state index contributed by atoms with van der Waals surface area (Å²) in [5, 5.41) is 18.6. The average molecular weight is 162 g/mol. The topological polar surface area (TPSA) is 49.7 Å². The minimum atomic E-state index is -0.368. The Bertz CT molecular complexity index is 125. The van der Waals surface area contributed by atoms with E-state index in [9.17, 15) is 10.2 Å². The number of hydrogen-bond donors (Lipinski definition) is 2. The summed E-state index contributed by atoms with van der Waals surface area (Å²) >= 11 is 1.60. The monoisotopic (exact) mass is 162 g/mol. The number of fused-ring (bicyclic) bond motifs is 1. The van der Waals surface area contributed by atoms with Gasteiger partial charge in [-0.25, -0.2) is 0 Å². The van der Waals surface area contributed by atoms with Crippen LogP contribution in [0, 0.1) is 0 Å². The molecule has 4 atom stereocenters. The molecule has 0 bridgehead atoms. The van der Waals surface area contributed by atoms with Crippen molar-refractivity contribution in [3.8, 4) is 0 Å². The molecule has 0 unspecified atom stereocenters. The van der Waals surface area contributed by atoms with Crippen LogP contribution in [0.15, 0.2) is 0 Å². The quantitative estimate of drug-likeness (QED) is 0.491. The lowest BCUT2D eigenvalue weighted by Crippen LogP contribution is -2.29. The van der Waals surface area contributed by atoms with Crippen LogP contribution in [0.3, 0.4) is 0 Å². The molecular formula is C6H10O3S. The van der Waals surface area contributed by atoms with E-state index in [0.29, 0.717) is 12.4 Å². The third-order valence-electron chi connectivity index (χ3n) is 2.00. The van der Waals surface area contributed by atoms with Crippen molar-refractivity contribution in [1.82, 2.24) is 0 Å². The molecule has 3 nitrogen and oxygen atoms in total. The Morgan fingerprint density at radius 1 is 1.30 bits per heavy atom. The van der Waals surface area contributed by atoms with Crippen molar-refractivity contribution in [3.63, 3.8) is 0 Å². The molecule has 2 rings (SSSR count). The fourth-order valence-electron chi connectivity index (χ4n) is 1.46. The van der Waals surface area contributed by atoms with Crippen molar-refractivity contribution < 1.29 is 14.9 Å². The minimum Gasteiger partial charge on any atom is -0.390 e. The van der Waals surface area contributed by atoms with Gasteiger partial charge in [0.2, 0.25) is 0 Å². The average Bonchev–Trinajstić information content (AvgIpc) is 2.41. The van der Waals surface area contributed by atoms with Gasteiger partial charge in [0, 0.05) is 5.75 Å². The van der Waals surface area contributed by atoms with Crippen molar-refractivity contribution in [2.45, 2.75) is 23.6 Å². The van der Waals surface area contributed by atoms with Gasteiger partial charge >= 0.3 is 0 Å². The van der Waals surface area contributed by atoms with Crippen LogP contribution < -0.4 is 0 Å². The van der Waals surface area contributed by atoms with Crippen molar-refractivity contribution in [2.24, 2.45) is 0 Å². The molecule has 4 heteroatoms. The van der Waals surface area contributed by atoms with Crippen LogP contribution in [0.1, 0.15) is 0 Å². The first-order valence-electron chi connectivity index (χ1n) is 3.38. The van der Waals surface area contributed by atoms with Crippen LogP contribution in [0.2, 0.25) is 0 Å². The van der Waals surface area contributed by atoms with Crippen molar-refractivity contribution in [3.05, 3.63) is 0 Å². The lowest BCUT2D eigenvalue weighted by Gasteiger charge is -2.10. The summed E-state index contributed by atoms with van der Waals surface area (Å²) in [5.74, 6) is 0.701. The van der Waals surface area contributed by atoms with Crippen LogP contribution in [-0.4, -0.2) is 46.1 Å². The van der Waals surface area contributed by atoms with Crippen molar-refractivity contribution in [2.75, 3.05) is 12.4 Å². The number of aliphatic hydroxyl groups excluding tert-OH is 2. The SMILES string of the molecule is O[C@@H]1CS[C@H]2[C@@H]1OC[C@@H]2O. The van der Waals surface area contributed by atoms with E-state index in [4.69, 9.17) is 4.74 Å². The maximum Gasteiger partial charge on any atom is 0.0987 e. The Hall–Kier alpha value is 0.230.